The van der Waals surface area contributed by atoms with Gasteiger partial charge in [0.05, 0.1) is 10.9 Å². The maximum atomic E-state index is 13.5. The number of rotatable bonds is 7. The van der Waals surface area contributed by atoms with Crippen molar-refractivity contribution in [1.82, 2.24) is 10.2 Å². The Morgan fingerprint density at radius 1 is 1.33 bits per heavy atom. The number of nitrogens with one attached hydrogen (secondary N) is 1. The summed E-state index contributed by atoms with van der Waals surface area (Å²) in [4.78, 5) is 16.4. The summed E-state index contributed by atoms with van der Waals surface area (Å²) in [6.07, 6.45) is 2.07. The maximum Gasteiger partial charge on any atom is 0.261 e. The van der Waals surface area contributed by atoms with E-state index in [1.54, 1.807) is 6.07 Å². The summed E-state index contributed by atoms with van der Waals surface area (Å²) in [5.41, 5.74) is 2.11. The number of carbonyl (C=O) groups excluding carboxylic acids is 1. The lowest BCUT2D eigenvalue weighted by Gasteiger charge is -2.25. The normalized spacial score (nSPS) is 12.4. The molecule has 0 aliphatic rings. The molecular formula is C19H25FN2OS. The Bertz CT molecular complexity index is 696. The molecule has 1 aromatic heterocycles. The van der Waals surface area contributed by atoms with E-state index in [0.717, 1.165) is 23.3 Å². The summed E-state index contributed by atoms with van der Waals surface area (Å²) >= 11 is 1.54. The number of hydrogen-bond donors (Lipinski definition) is 1. The van der Waals surface area contributed by atoms with Crippen LogP contribution in [0.2, 0.25) is 0 Å². The highest BCUT2D eigenvalue weighted by molar-refractivity contribution is 7.14. The first kappa shape index (κ1) is 18.6. The molecule has 0 spiro atoms. The van der Waals surface area contributed by atoms with Gasteiger partial charge in [-0.15, -0.1) is 11.3 Å². The number of halogens is 1. The van der Waals surface area contributed by atoms with Gasteiger partial charge in [-0.2, -0.15) is 0 Å². The minimum atomic E-state index is -0.260. The highest BCUT2D eigenvalue weighted by Gasteiger charge is 2.18. The van der Waals surface area contributed by atoms with E-state index in [9.17, 15) is 9.18 Å². The summed E-state index contributed by atoms with van der Waals surface area (Å²) in [5.74, 6) is -0.322. The van der Waals surface area contributed by atoms with Crippen molar-refractivity contribution in [1.29, 1.82) is 0 Å². The minimum Gasteiger partial charge on any atom is -0.349 e. The zero-order valence-corrected chi connectivity index (χ0v) is 15.5. The molecule has 0 saturated heterocycles. The van der Waals surface area contributed by atoms with Crippen LogP contribution in [0.4, 0.5) is 4.39 Å². The van der Waals surface area contributed by atoms with Crippen LogP contribution >= 0.6 is 11.3 Å². The van der Waals surface area contributed by atoms with Gasteiger partial charge in [0.1, 0.15) is 5.82 Å². The third-order valence-electron chi connectivity index (χ3n) is 4.08. The number of amides is 1. The zero-order valence-electron chi connectivity index (χ0n) is 14.7. The second-order valence-electron chi connectivity index (χ2n) is 6.19. The Morgan fingerprint density at radius 2 is 2.08 bits per heavy atom. The predicted molar refractivity (Wildman–Crippen MR) is 98.2 cm³/mol. The molecule has 1 heterocycles. The van der Waals surface area contributed by atoms with Crippen molar-refractivity contribution >= 4 is 17.2 Å². The first-order chi connectivity index (χ1) is 11.4. The third kappa shape index (κ3) is 4.65. The highest BCUT2D eigenvalue weighted by Crippen LogP contribution is 2.23. The average Bonchev–Trinajstić information content (AvgIpc) is 2.89. The Labute approximate surface area is 147 Å². The number of hydrogen-bond acceptors (Lipinski definition) is 3. The standard InChI is InChI=1S/C19H25FN2OS/c1-5-7-14-11-18(24-13(14)2)19(23)21-12-17(22(3)4)15-8-6-9-16(20)10-15/h6,8-11,17H,5,7,12H2,1-4H3,(H,21,23). The largest absolute Gasteiger partial charge is 0.349 e. The van der Waals surface area contributed by atoms with Crippen LogP contribution < -0.4 is 5.32 Å². The lowest BCUT2D eigenvalue weighted by molar-refractivity contribution is 0.0946. The van der Waals surface area contributed by atoms with Gasteiger partial charge < -0.3 is 10.2 Å². The van der Waals surface area contributed by atoms with Crippen molar-refractivity contribution in [2.45, 2.75) is 32.7 Å². The molecule has 1 atom stereocenters. The van der Waals surface area contributed by atoms with E-state index in [4.69, 9.17) is 0 Å². The molecular weight excluding hydrogens is 323 g/mol. The van der Waals surface area contributed by atoms with Gasteiger partial charge in [-0.3, -0.25) is 4.79 Å². The van der Waals surface area contributed by atoms with Crippen molar-refractivity contribution < 1.29 is 9.18 Å². The molecule has 0 saturated carbocycles. The molecule has 2 rings (SSSR count). The number of benzene rings is 1. The molecule has 1 unspecified atom stereocenters. The topological polar surface area (TPSA) is 32.3 Å². The quantitative estimate of drug-likeness (QED) is 0.814. The van der Waals surface area contributed by atoms with E-state index < -0.39 is 0 Å². The molecule has 2 aromatic rings. The summed E-state index contributed by atoms with van der Waals surface area (Å²) in [6, 6.07) is 8.45. The SMILES string of the molecule is CCCc1cc(C(=O)NCC(c2cccc(F)c2)N(C)C)sc1C. The van der Waals surface area contributed by atoms with E-state index in [0.29, 0.717) is 6.54 Å². The fourth-order valence-electron chi connectivity index (χ4n) is 2.74. The van der Waals surface area contributed by atoms with E-state index >= 15 is 0 Å². The Morgan fingerprint density at radius 3 is 2.71 bits per heavy atom. The van der Waals surface area contributed by atoms with Crippen LogP contribution in [0.15, 0.2) is 30.3 Å². The van der Waals surface area contributed by atoms with Crippen molar-refractivity contribution in [2.75, 3.05) is 20.6 Å². The highest BCUT2D eigenvalue weighted by atomic mass is 32.1. The van der Waals surface area contributed by atoms with Gasteiger partial charge in [0.25, 0.3) is 5.91 Å². The monoisotopic (exact) mass is 348 g/mol. The third-order valence-corrected chi connectivity index (χ3v) is 5.17. The summed E-state index contributed by atoms with van der Waals surface area (Å²) < 4.78 is 13.5. The minimum absolute atomic E-state index is 0.0614. The molecule has 0 fully saturated rings. The summed E-state index contributed by atoms with van der Waals surface area (Å²) in [7, 11) is 3.85. The van der Waals surface area contributed by atoms with Crippen LogP contribution in [0.25, 0.3) is 0 Å². The molecule has 0 aliphatic carbocycles. The maximum absolute atomic E-state index is 13.5. The molecule has 3 nitrogen and oxygen atoms in total. The number of aryl methyl sites for hydroxylation is 2. The Balaban J connectivity index is 2.06. The fourth-order valence-corrected chi connectivity index (χ4v) is 3.73. The smallest absolute Gasteiger partial charge is 0.261 e. The van der Waals surface area contributed by atoms with Gasteiger partial charge in [-0.25, -0.2) is 4.39 Å². The van der Waals surface area contributed by atoms with Gasteiger partial charge in [0, 0.05) is 11.4 Å². The fraction of sp³-hybridized carbons (Fsp3) is 0.421. The van der Waals surface area contributed by atoms with E-state index in [2.05, 4.69) is 19.2 Å². The summed E-state index contributed by atoms with van der Waals surface area (Å²) in [5, 5.41) is 2.99. The first-order valence-corrected chi connectivity index (χ1v) is 9.03. The van der Waals surface area contributed by atoms with Crippen molar-refractivity contribution in [3.63, 3.8) is 0 Å². The second kappa shape index (κ2) is 8.40. The van der Waals surface area contributed by atoms with Crippen molar-refractivity contribution in [3.05, 3.63) is 57.0 Å². The van der Waals surface area contributed by atoms with Gasteiger partial charge >= 0.3 is 0 Å². The van der Waals surface area contributed by atoms with E-state index in [-0.39, 0.29) is 17.8 Å². The number of thiophene rings is 1. The number of nitrogens with zero attached hydrogens (tertiary/aromatic N) is 1. The molecule has 1 aromatic carbocycles. The van der Waals surface area contributed by atoms with Crippen LogP contribution in [-0.2, 0) is 6.42 Å². The lowest BCUT2D eigenvalue weighted by Crippen LogP contribution is -2.34. The Hall–Kier alpha value is -1.72. The van der Waals surface area contributed by atoms with Crippen LogP contribution in [-0.4, -0.2) is 31.4 Å². The van der Waals surface area contributed by atoms with Crippen LogP contribution in [0.1, 0.15) is 45.1 Å². The first-order valence-electron chi connectivity index (χ1n) is 8.21. The van der Waals surface area contributed by atoms with Gasteiger partial charge in [-0.05, 0) is 56.8 Å². The van der Waals surface area contributed by atoms with Gasteiger partial charge in [0.15, 0.2) is 0 Å². The van der Waals surface area contributed by atoms with Crippen LogP contribution in [0.5, 0.6) is 0 Å². The molecule has 1 N–H and O–H groups in total. The molecule has 0 radical (unpaired) electrons. The van der Waals surface area contributed by atoms with E-state index in [1.165, 1.54) is 33.9 Å². The van der Waals surface area contributed by atoms with Gasteiger partial charge in [-0.1, -0.05) is 25.5 Å². The van der Waals surface area contributed by atoms with Crippen LogP contribution in [0.3, 0.4) is 0 Å². The average molecular weight is 348 g/mol. The molecule has 0 aliphatic heterocycles. The van der Waals surface area contributed by atoms with Crippen molar-refractivity contribution in [3.8, 4) is 0 Å². The van der Waals surface area contributed by atoms with E-state index in [1.807, 2.05) is 31.1 Å². The summed E-state index contributed by atoms with van der Waals surface area (Å²) in [6.45, 7) is 4.63. The molecule has 130 valence electrons. The zero-order chi connectivity index (χ0) is 17.7. The lowest BCUT2D eigenvalue weighted by atomic mass is 10.1. The van der Waals surface area contributed by atoms with Crippen molar-refractivity contribution in [2.24, 2.45) is 0 Å². The number of likely N-dealkylation sites (N-methyl/N-ethyl adjacent to an activating group) is 1. The molecule has 24 heavy (non-hydrogen) atoms. The number of carbonyl (C=O) groups is 1. The molecule has 5 heteroatoms. The molecule has 1 amide bonds. The second-order valence-corrected chi connectivity index (χ2v) is 7.44. The predicted octanol–water partition coefficient (Wildman–Crippen LogP) is 4.18. The molecule has 0 bridgehead atoms. The van der Waals surface area contributed by atoms with Crippen LogP contribution in [0, 0.1) is 12.7 Å². The Kier molecular flexibility index (Phi) is 6.52. The van der Waals surface area contributed by atoms with Gasteiger partial charge in [0.2, 0.25) is 0 Å².